The first-order chi connectivity index (χ1) is 9.01. The van der Waals surface area contributed by atoms with Crippen molar-refractivity contribution in [1.82, 2.24) is 0 Å². The van der Waals surface area contributed by atoms with Crippen LogP contribution in [0.15, 0.2) is 30.3 Å². The van der Waals surface area contributed by atoms with Crippen molar-refractivity contribution in [3.8, 4) is 11.5 Å². The minimum absolute atomic E-state index is 0.272. The predicted octanol–water partition coefficient (Wildman–Crippen LogP) is 5.78. The first-order valence-corrected chi connectivity index (χ1v) is 7.30. The highest BCUT2D eigenvalue weighted by Crippen LogP contribution is 2.33. The molecule has 0 bridgehead atoms. The molecule has 0 saturated carbocycles. The van der Waals surface area contributed by atoms with E-state index in [9.17, 15) is 4.39 Å². The first-order valence-electron chi connectivity index (χ1n) is 5.80. The number of benzene rings is 2. The van der Waals surface area contributed by atoms with E-state index < -0.39 is 0 Å². The van der Waals surface area contributed by atoms with E-state index in [4.69, 9.17) is 16.3 Å². The predicted molar refractivity (Wildman–Crippen MR) is 80.0 cm³/mol. The van der Waals surface area contributed by atoms with Gasteiger partial charge in [0.15, 0.2) is 0 Å². The van der Waals surface area contributed by atoms with Crippen LogP contribution in [0, 0.1) is 19.7 Å². The van der Waals surface area contributed by atoms with Gasteiger partial charge in [-0.05, 0) is 55.3 Å². The summed E-state index contributed by atoms with van der Waals surface area (Å²) in [5.74, 6) is 1.14. The molecule has 2 aromatic rings. The van der Waals surface area contributed by atoms with Crippen LogP contribution in [0.2, 0.25) is 5.02 Å². The molecule has 19 heavy (non-hydrogen) atoms. The van der Waals surface area contributed by atoms with Gasteiger partial charge in [0.2, 0.25) is 0 Å². The molecule has 0 spiro atoms. The van der Waals surface area contributed by atoms with Gasteiger partial charge in [-0.25, -0.2) is 4.39 Å². The second kappa shape index (κ2) is 5.93. The van der Waals surface area contributed by atoms with Crippen LogP contribution in [0.3, 0.4) is 0 Å². The molecule has 0 radical (unpaired) electrons. The Morgan fingerprint density at radius 1 is 1.16 bits per heavy atom. The molecular weight excluding hydrogens is 331 g/mol. The van der Waals surface area contributed by atoms with Gasteiger partial charge in [-0.15, -0.1) is 0 Å². The average molecular weight is 344 g/mol. The Bertz CT molecular complexity index is 590. The molecule has 1 nitrogen and oxygen atoms in total. The third-order valence-corrected chi connectivity index (χ3v) is 3.63. The topological polar surface area (TPSA) is 9.23 Å². The van der Waals surface area contributed by atoms with E-state index in [1.165, 1.54) is 12.1 Å². The Hall–Kier alpha value is -1.06. The van der Waals surface area contributed by atoms with E-state index in [1.54, 1.807) is 6.07 Å². The fourth-order valence-corrected chi connectivity index (χ4v) is 2.69. The van der Waals surface area contributed by atoms with Crippen molar-refractivity contribution in [3.63, 3.8) is 0 Å². The van der Waals surface area contributed by atoms with Crippen LogP contribution in [0.4, 0.5) is 4.39 Å². The molecule has 0 aromatic heterocycles. The second-order valence-corrected chi connectivity index (χ2v) is 5.35. The van der Waals surface area contributed by atoms with Crippen LogP contribution in [-0.2, 0) is 5.33 Å². The van der Waals surface area contributed by atoms with Gasteiger partial charge in [0, 0.05) is 15.9 Å². The van der Waals surface area contributed by atoms with Gasteiger partial charge in [-0.1, -0.05) is 27.5 Å². The Balaban J connectivity index is 2.42. The van der Waals surface area contributed by atoms with Crippen LogP contribution in [0.5, 0.6) is 11.5 Å². The SMILES string of the molecule is Cc1cc(Cl)cc(C)c1Oc1ccc(F)cc1CBr. The lowest BCUT2D eigenvalue weighted by atomic mass is 10.1. The van der Waals surface area contributed by atoms with Crippen LogP contribution in [0.1, 0.15) is 16.7 Å². The number of hydrogen-bond acceptors (Lipinski definition) is 1. The quantitative estimate of drug-likeness (QED) is 0.642. The van der Waals surface area contributed by atoms with Gasteiger partial charge in [0.1, 0.15) is 17.3 Å². The molecule has 0 unspecified atom stereocenters. The largest absolute Gasteiger partial charge is 0.456 e. The third-order valence-electron chi connectivity index (χ3n) is 2.80. The molecule has 4 heteroatoms. The number of rotatable bonds is 3. The molecule has 0 aliphatic heterocycles. The van der Waals surface area contributed by atoms with Crippen molar-refractivity contribution in [1.29, 1.82) is 0 Å². The first kappa shape index (κ1) is 14.4. The van der Waals surface area contributed by atoms with Crippen molar-refractivity contribution >= 4 is 27.5 Å². The lowest BCUT2D eigenvalue weighted by Crippen LogP contribution is -1.95. The maximum atomic E-state index is 13.2. The monoisotopic (exact) mass is 342 g/mol. The zero-order valence-corrected chi connectivity index (χ0v) is 13.0. The summed E-state index contributed by atoms with van der Waals surface area (Å²) in [4.78, 5) is 0. The Morgan fingerprint density at radius 2 is 1.79 bits per heavy atom. The molecule has 0 heterocycles. The van der Waals surface area contributed by atoms with Crippen molar-refractivity contribution in [3.05, 3.63) is 57.9 Å². The standard InChI is InChI=1S/C15H13BrClFO/c1-9-5-12(17)6-10(2)15(9)19-14-4-3-13(18)7-11(14)8-16/h3-7H,8H2,1-2H3. The summed E-state index contributed by atoms with van der Waals surface area (Å²) in [5, 5.41) is 1.22. The van der Waals surface area contributed by atoms with Crippen LogP contribution in [0.25, 0.3) is 0 Å². The molecule has 100 valence electrons. The molecule has 0 amide bonds. The Kier molecular flexibility index (Phi) is 4.48. The molecule has 0 fully saturated rings. The van der Waals surface area contributed by atoms with Gasteiger partial charge in [0.25, 0.3) is 0 Å². The van der Waals surface area contributed by atoms with Gasteiger partial charge < -0.3 is 4.74 Å². The van der Waals surface area contributed by atoms with E-state index in [2.05, 4.69) is 15.9 Å². The van der Waals surface area contributed by atoms with Gasteiger partial charge in [-0.3, -0.25) is 0 Å². The molecule has 0 N–H and O–H groups in total. The van der Waals surface area contributed by atoms with Crippen molar-refractivity contribution in [2.45, 2.75) is 19.2 Å². The summed E-state index contributed by atoms with van der Waals surface area (Å²) in [7, 11) is 0. The number of halogens is 3. The number of ether oxygens (including phenoxy) is 1. The average Bonchev–Trinajstić information content (AvgIpc) is 2.35. The molecule has 0 saturated heterocycles. The van der Waals surface area contributed by atoms with E-state index >= 15 is 0 Å². The summed E-state index contributed by atoms with van der Waals surface area (Å²) in [6.07, 6.45) is 0. The van der Waals surface area contributed by atoms with E-state index in [0.717, 1.165) is 22.4 Å². The molecular formula is C15H13BrClFO. The highest BCUT2D eigenvalue weighted by atomic mass is 79.9. The second-order valence-electron chi connectivity index (χ2n) is 4.36. The maximum Gasteiger partial charge on any atom is 0.133 e. The Morgan fingerprint density at radius 3 is 2.37 bits per heavy atom. The van der Waals surface area contributed by atoms with Crippen LogP contribution < -0.4 is 4.74 Å². The fraction of sp³-hybridized carbons (Fsp3) is 0.200. The van der Waals surface area contributed by atoms with Crippen molar-refractivity contribution < 1.29 is 9.13 Å². The fourth-order valence-electron chi connectivity index (χ4n) is 1.92. The summed E-state index contributed by atoms with van der Waals surface area (Å²) in [6, 6.07) is 8.19. The van der Waals surface area contributed by atoms with Crippen molar-refractivity contribution in [2.24, 2.45) is 0 Å². The summed E-state index contributed by atoms with van der Waals surface area (Å²) in [5.41, 5.74) is 2.68. The van der Waals surface area contributed by atoms with Crippen LogP contribution >= 0.6 is 27.5 Å². The molecule has 0 aliphatic carbocycles. The minimum Gasteiger partial charge on any atom is -0.456 e. The summed E-state index contributed by atoms with van der Waals surface area (Å²) >= 11 is 9.33. The Labute approximate surface area is 125 Å². The van der Waals surface area contributed by atoms with Crippen molar-refractivity contribution in [2.75, 3.05) is 0 Å². The number of aryl methyl sites for hydroxylation is 2. The maximum absolute atomic E-state index is 13.2. The summed E-state index contributed by atoms with van der Waals surface area (Å²) in [6.45, 7) is 3.87. The minimum atomic E-state index is -0.272. The van der Waals surface area contributed by atoms with E-state index in [-0.39, 0.29) is 5.82 Å². The van der Waals surface area contributed by atoms with E-state index in [0.29, 0.717) is 16.1 Å². The highest BCUT2D eigenvalue weighted by Gasteiger charge is 2.10. The number of hydrogen-bond donors (Lipinski definition) is 0. The lowest BCUT2D eigenvalue weighted by Gasteiger charge is -2.14. The zero-order chi connectivity index (χ0) is 14.0. The van der Waals surface area contributed by atoms with Gasteiger partial charge in [-0.2, -0.15) is 0 Å². The lowest BCUT2D eigenvalue weighted by molar-refractivity contribution is 0.469. The highest BCUT2D eigenvalue weighted by molar-refractivity contribution is 9.08. The molecule has 2 aromatic carbocycles. The van der Waals surface area contributed by atoms with Gasteiger partial charge in [0.05, 0.1) is 0 Å². The molecule has 0 aliphatic rings. The normalized spacial score (nSPS) is 10.6. The zero-order valence-electron chi connectivity index (χ0n) is 10.6. The van der Waals surface area contributed by atoms with Gasteiger partial charge >= 0.3 is 0 Å². The van der Waals surface area contributed by atoms with E-state index in [1.807, 2.05) is 26.0 Å². The number of alkyl halides is 1. The molecule has 0 atom stereocenters. The smallest absolute Gasteiger partial charge is 0.133 e. The van der Waals surface area contributed by atoms with Crippen LogP contribution in [-0.4, -0.2) is 0 Å². The summed E-state index contributed by atoms with van der Waals surface area (Å²) < 4.78 is 19.1. The third kappa shape index (κ3) is 3.28. The molecule has 2 rings (SSSR count).